The molecule has 4 aromatic carbocycles. The van der Waals surface area contributed by atoms with E-state index in [0.29, 0.717) is 0 Å². The Kier molecular flexibility index (Phi) is 4.67. The number of aromatic nitrogens is 2. The highest BCUT2D eigenvalue weighted by molar-refractivity contribution is 6.07. The summed E-state index contributed by atoms with van der Waals surface area (Å²) in [6.07, 6.45) is 1.85. The smallest absolute Gasteiger partial charge is 0.129 e. The number of ether oxygens (including phenoxy) is 1. The maximum Gasteiger partial charge on any atom is 0.129 e. The highest BCUT2D eigenvalue weighted by Gasteiger charge is 2.24. The van der Waals surface area contributed by atoms with Crippen LogP contribution in [0.3, 0.4) is 0 Å². The first-order valence-corrected chi connectivity index (χ1v) is 12.1. The van der Waals surface area contributed by atoms with Crippen LogP contribution in [0.1, 0.15) is 0 Å². The maximum atomic E-state index is 6.39. The summed E-state index contributed by atoms with van der Waals surface area (Å²) < 4.78 is 8.64. The minimum Gasteiger partial charge on any atom is -0.457 e. The van der Waals surface area contributed by atoms with Gasteiger partial charge in [-0.15, -0.1) is 0 Å². The van der Waals surface area contributed by atoms with Gasteiger partial charge in [0.15, 0.2) is 0 Å². The predicted octanol–water partition coefficient (Wildman–Crippen LogP) is 7.52. The lowest BCUT2D eigenvalue weighted by Crippen LogP contribution is -2.23. The molecular weight excluding hydrogens is 444 g/mol. The van der Waals surface area contributed by atoms with Gasteiger partial charge in [-0.3, -0.25) is 4.98 Å². The molecule has 7 rings (SSSR count). The van der Waals surface area contributed by atoms with Gasteiger partial charge >= 0.3 is 0 Å². The Bertz CT molecular complexity index is 1720. The summed E-state index contributed by atoms with van der Waals surface area (Å²) in [4.78, 5) is 9.28. The normalized spacial score (nSPS) is 12.9. The van der Waals surface area contributed by atoms with Crippen LogP contribution in [-0.2, 0) is 0 Å². The summed E-state index contributed by atoms with van der Waals surface area (Å²) in [7, 11) is 2.12. The Balaban J connectivity index is 1.27. The zero-order chi connectivity index (χ0) is 24.1. The van der Waals surface area contributed by atoms with Crippen LogP contribution in [0.2, 0.25) is 0 Å². The monoisotopic (exact) mass is 468 g/mol. The molecule has 0 fully saturated rings. The van der Waals surface area contributed by atoms with Gasteiger partial charge in [0, 0.05) is 36.1 Å². The predicted molar refractivity (Wildman–Crippen MR) is 147 cm³/mol. The average molecular weight is 469 g/mol. The lowest BCUT2D eigenvalue weighted by molar-refractivity contribution is 0.483. The highest BCUT2D eigenvalue weighted by Crippen LogP contribution is 2.41. The molecule has 0 radical (unpaired) electrons. The molecule has 0 saturated carbocycles. The standard InChI is InChI=1S/C31H24N4O/c1-33-21-34(29-14-6-5-13-28(29)33)23-11-7-12-24(19-23)36-25-16-17-27-26(20-25)31-30(15-8-18-32-31)35(27)22-9-3-2-4-10-22/h2-20H,21H2,1H3. The van der Waals surface area contributed by atoms with Crippen molar-refractivity contribution in [2.24, 2.45) is 0 Å². The number of anilines is 3. The molecule has 0 atom stereocenters. The van der Waals surface area contributed by atoms with Gasteiger partial charge in [0.25, 0.3) is 0 Å². The van der Waals surface area contributed by atoms with Crippen LogP contribution in [0, 0.1) is 0 Å². The van der Waals surface area contributed by atoms with Gasteiger partial charge in [0.2, 0.25) is 0 Å². The number of nitrogens with zero attached hydrogens (tertiary/aromatic N) is 4. The molecule has 1 aliphatic rings. The molecule has 36 heavy (non-hydrogen) atoms. The number of pyridine rings is 1. The number of hydrogen-bond donors (Lipinski definition) is 0. The van der Waals surface area contributed by atoms with E-state index in [1.165, 1.54) is 11.4 Å². The zero-order valence-electron chi connectivity index (χ0n) is 19.9. The van der Waals surface area contributed by atoms with Crippen molar-refractivity contribution in [1.82, 2.24) is 9.55 Å². The molecule has 6 aromatic rings. The van der Waals surface area contributed by atoms with Crippen LogP contribution in [0.4, 0.5) is 17.1 Å². The molecule has 174 valence electrons. The Hall–Kier alpha value is -4.77. The van der Waals surface area contributed by atoms with Crippen molar-refractivity contribution in [2.45, 2.75) is 0 Å². The van der Waals surface area contributed by atoms with Crippen LogP contribution in [-0.4, -0.2) is 23.3 Å². The van der Waals surface area contributed by atoms with E-state index in [2.05, 4.69) is 100 Å². The van der Waals surface area contributed by atoms with E-state index >= 15 is 0 Å². The molecule has 1 aliphatic heterocycles. The molecule has 2 aromatic heterocycles. The molecule has 0 N–H and O–H groups in total. The van der Waals surface area contributed by atoms with E-state index in [-0.39, 0.29) is 0 Å². The summed E-state index contributed by atoms with van der Waals surface area (Å²) >= 11 is 0. The third-order valence-electron chi connectivity index (χ3n) is 6.81. The Morgan fingerprint density at radius 3 is 2.33 bits per heavy atom. The summed E-state index contributed by atoms with van der Waals surface area (Å²) in [5.41, 5.74) is 7.81. The van der Waals surface area contributed by atoms with Crippen LogP contribution in [0.25, 0.3) is 27.6 Å². The number of rotatable bonds is 4. The average Bonchev–Trinajstić information content (AvgIpc) is 3.44. The van der Waals surface area contributed by atoms with Crippen molar-refractivity contribution < 1.29 is 4.74 Å². The third kappa shape index (κ3) is 3.28. The summed E-state index contributed by atoms with van der Waals surface area (Å²) in [5.74, 6) is 1.59. The molecule has 0 saturated heterocycles. The van der Waals surface area contributed by atoms with Gasteiger partial charge in [0.05, 0.1) is 34.6 Å². The van der Waals surface area contributed by atoms with Crippen molar-refractivity contribution in [3.8, 4) is 17.2 Å². The lowest BCUT2D eigenvalue weighted by Gasteiger charge is -2.20. The van der Waals surface area contributed by atoms with Gasteiger partial charge < -0.3 is 19.1 Å². The first-order valence-electron chi connectivity index (χ1n) is 12.1. The van der Waals surface area contributed by atoms with Gasteiger partial charge in [0.1, 0.15) is 11.5 Å². The number of fused-ring (bicyclic) bond motifs is 4. The van der Waals surface area contributed by atoms with Crippen molar-refractivity contribution in [3.05, 3.63) is 115 Å². The fourth-order valence-corrected chi connectivity index (χ4v) is 5.18. The maximum absolute atomic E-state index is 6.39. The minimum atomic E-state index is 0.788. The fraction of sp³-hybridized carbons (Fsp3) is 0.0645. The van der Waals surface area contributed by atoms with E-state index in [0.717, 1.165) is 51.5 Å². The van der Waals surface area contributed by atoms with Crippen LogP contribution >= 0.6 is 0 Å². The van der Waals surface area contributed by atoms with Gasteiger partial charge in [-0.2, -0.15) is 0 Å². The molecule has 0 spiro atoms. The molecule has 5 heteroatoms. The largest absolute Gasteiger partial charge is 0.457 e. The van der Waals surface area contributed by atoms with E-state index in [1.54, 1.807) is 0 Å². The summed E-state index contributed by atoms with van der Waals surface area (Å²) in [6.45, 7) is 0.805. The molecule has 0 amide bonds. The van der Waals surface area contributed by atoms with Gasteiger partial charge in [-0.25, -0.2) is 0 Å². The Morgan fingerprint density at radius 1 is 0.667 bits per heavy atom. The summed E-state index contributed by atoms with van der Waals surface area (Å²) in [6, 6.07) is 37.5. The number of benzene rings is 4. The van der Waals surface area contributed by atoms with E-state index in [1.807, 2.05) is 36.5 Å². The first-order chi connectivity index (χ1) is 17.8. The molecule has 5 nitrogen and oxygen atoms in total. The quantitative estimate of drug-likeness (QED) is 0.268. The van der Waals surface area contributed by atoms with E-state index in [4.69, 9.17) is 9.72 Å². The van der Waals surface area contributed by atoms with Crippen LogP contribution in [0.15, 0.2) is 115 Å². The van der Waals surface area contributed by atoms with Crippen molar-refractivity contribution in [1.29, 1.82) is 0 Å². The van der Waals surface area contributed by atoms with Crippen molar-refractivity contribution >= 4 is 39.0 Å². The second kappa shape index (κ2) is 8.17. The minimum absolute atomic E-state index is 0.788. The lowest BCUT2D eigenvalue weighted by atomic mass is 10.2. The van der Waals surface area contributed by atoms with E-state index < -0.39 is 0 Å². The number of hydrogen-bond acceptors (Lipinski definition) is 4. The molecule has 3 heterocycles. The van der Waals surface area contributed by atoms with Gasteiger partial charge in [-0.05, 0) is 66.7 Å². The second-order valence-corrected chi connectivity index (χ2v) is 9.08. The molecule has 0 bridgehead atoms. The second-order valence-electron chi connectivity index (χ2n) is 9.08. The third-order valence-corrected chi connectivity index (χ3v) is 6.81. The molecule has 0 unspecified atom stereocenters. The number of para-hydroxylation sites is 3. The van der Waals surface area contributed by atoms with Crippen LogP contribution < -0.4 is 14.5 Å². The van der Waals surface area contributed by atoms with E-state index in [9.17, 15) is 0 Å². The summed E-state index contributed by atoms with van der Waals surface area (Å²) in [5, 5.41) is 1.07. The van der Waals surface area contributed by atoms with Gasteiger partial charge in [-0.1, -0.05) is 36.4 Å². The SMILES string of the molecule is CN1CN(c2cccc(Oc3ccc4c(c3)c3ncccc3n4-c3ccccc3)c2)c2ccccc21. The molecule has 0 aliphatic carbocycles. The Morgan fingerprint density at radius 2 is 1.44 bits per heavy atom. The molecular formula is C31H24N4O. The Labute approximate surface area is 209 Å². The highest BCUT2D eigenvalue weighted by atomic mass is 16.5. The van der Waals surface area contributed by atoms with Crippen molar-refractivity contribution in [3.63, 3.8) is 0 Å². The van der Waals surface area contributed by atoms with Crippen LogP contribution in [0.5, 0.6) is 11.5 Å². The topological polar surface area (TPSA) is 33.5 Å². The zero-order valence-corrected chi connectivity index (χ0v) is 19.9. The van der Waals surface area contributed by atoms with Crippen molar-refractivity contribution in [2.75, 3.05) is 23.5 Å². The first kappa shape index (κ1) is 20.6. The fourth-order valence-electron chi connectivity index (χ4n) is 5.18.